The fourth-order valence-electron chi connectivity index (χ4n) is 4.43. The van der Waals surface area contributed by atoms with Crippen LogP contribution in [0.25, 0.3) is 11.1 Å². The number of fused-ring (bicyclic) bond motifs is 1. The molecule has 4 rings (SSSR count). The molecule has 1 amide bonds. The van der Waals surface area contributed by atoms with Gasteiger partial charge in [-0.1, -0.05) is 11.6 Å². The molecule has 9 heteroatoms. The van der Waals surface area contributed by atoms with E-state index in [0.717, 1.165) is 22.3 Å². The van der Waals surface area contributed by atoms with Crippen LogP contribution in [-0.2, 0) is 17.8 Å². The molecule has 0 radical (unpaired) electrons. The predicted molar refractivity (Wildman–Crippen MR) is 141 cm³/mol. The largest absolute Gasteiger partial charge is 0.496 e. The average molecular weight is 528 g/mol. The zero-order valence-corrected chi connectivity index (χ0v) is 22.3. The van der Waals surface area contributed by atoms with Gasteiger partial charge < -0.3 is 33.3 Å². The first-order valence-electron chi connectivity index (χ1n) is 11.7. The Morgan fingerprint density at radius 1 is 0.865 bits per heavy atom. The van der Waals surface area contributed by atoms with Crippen molar-refractivity contribution in [3.63, 3.8) is 0 Å². The Morgan fingerprint density at radius 2 is 1.54 bits per heavy atom. The molecule has 196 valence electrons. The highest BCUT2D eigenvalue weighted by molar-refractivity contribution is 6.31. The second-order valence-corrected chi connectivity index (χ2v) is 8.82. The maximum Gasteiger partial charge on any atom is 0.227 e. The van der Waals surface area contributed by atoms with Gasteiger partial charge in [0.05, 0.1) is 48.5 Å². The summed E-state index contributed by atoms with van der Waals surface area (Å²) in [7, 11) is 7.84. The van der Waals surface area contributed by atoms with Crippen LogP contribution >= 0.6 is 11.6 Å². The van der Waals surface area contributed by atoms with Gasteiger partial charge >= 0.3 is 0 Å². The highest BCUT2D eigenvalue weighted by Gasteiger charge is 2.25. The molecule has 0 unspecified atom stereocenters. The molecular formula is C28H30ClNO7. The fraction of sp³-hybridized carbons (Fsp3) is 0.321. The summed E-state index contributed by atoms with van der Waals surface area (Å²) < 4.78 is 33.5. The number of rotatable bonds is 8. The Kier molecular flexibility index (Phi) is 8.18. The van der Waals surface area contributed by atoms with Crippen molar-refractivity contribution in [1.29, 1.82) is 0 Å². The molecule has 0 saturated heterocycles. The molecule has 0 N–H and O–H groups in total. The fourth-order valence-corrected chi connectivity index (χ4v) is 4.61. The smallest absolute Gasteiger partial charge is 0.227 e. The molecule has 0 saturated carbocycles. The van der Waals surface area contributed by atoms with E-state index in [1.807, 2.05) is 24.3 Å². The van der Waals surface area contributed by atoms with Crippen molar-refractivity contribution in [3.8, 4) is 45.6 Å². The van der Waals surface area contributed by atoms with Gasteiger partial charge in [-0.15, -0.1) is 0 Å². The zero-order valence-electron chi connectivity index (χ0n) is 21.6. The average Bonchev–Trinajstić information content (AvgIpc) is 3.14. The first-order valence-corrected chi connectivity index (χ1v) is 12.0. The number of carbonyl (C=O) groups excluding carboxylic acids is 1. The molecule has 0 aliphatic carbocycles. The third-order valence-electron chi connectivity index (χ3n) is 6.23. The van der Waals surface area contributed by atoms with Crippen LogP contribution in [0.15, 0.2) is 42.5 Å². The van der Waals surface area contributed by atoms with Crippen molar-refractivity contribution in [2.24, 2.45) is 0 Å². The molecular weight excluding hydrogens is 498 g/mol. The minimum atomic E-state index is -0.0598. The number of ether oxygens (including phenoxy) is 6. The van der Waals surface area contributed by atoms with Gasteiger partial charge in [0.15, 0.2) is 23.0 Å². The number of benzene rings is 3. The van der Waals surface area contributed by atoms with Crippen LogP contribution in [-0.4, -0.2) is 59.5 Å². The van der Waals surface area contributed by atoms with Crippen LogP contribution in [0.1, 0.15) is 11.1 Å². The van der Waals surface area contributed by atoms with E-state index in [1.54, 1.807) is 58.6 Å². The van der Waals surface area contributed by atoms with Gasteiger partial charge in [0, 0.05) is 22.7 Å². The summed E-state index contributed by atoms with van der Waals surface area (Å²) in [6, 6.07) is 12.9. The standard InChI is InChI=1S/C28H30ClNO7/c1-32-22-7-6-20(29)15-21(22)18-13-19-16-30(8-9-37-27(19)25(14-18)35-4)26(31)12-17-10-23(33-2)28(36-5)24(11-17)34-3/h6-7,10-11,13-15H,8-9,12,16H2,1-5H3. The van der Waals surface area contributed by atoms with Gasteiger partial charge in [-0.25, -0.2) is 0 Å². The molecule has 0 fully saturated rings. The zero-order chi connectivity index (χ0) is 26.5. The Hall–Kier alpha value is -3.78. The molecule has 0 spiro atoms. The summed E-state index contributed by atoms with van der Waals surface area (Å²) >= 11 is 6.28. The summed E-state index contributed by atoms with van der Waals surface area (Å²) in [5.41, 5.74) is 3.24. The van der Waals surface area contributed by atoms with Gasteiger partial charge in [-0.3, -0.25) is 4.79 Å². The summed E-state index contributed by atoms with van der Waals surface area (Å²) in [5, 5.41) is 0.586. The van der Waals surface area contributed by atoms with Crippen LogP contribution in [0.2, 0.25) is 5.02 Å². The molecule has 3 aromatic carbocycles. The lowest BCUT2D eigenvalue weighted by Gasteiger charge is -2.21. The number of amides is 1. The number of hydrogen-bond acceptors (Lipinski definition) is 7. The number of nitrogens with zero attached hydrogens (tertiary/aromatic N) is 1. The van der Waals surface area contributed by atoms with Crippen molar-refractivity contribution in [2.75, 3.05) is 48.7 Å². The monoisotopic (exact) mass is 527 g/mol. The van der Waals surface area contributed by atoms with Gasteiger partial charge in [-0.2, -0.15) is 0 Å². The van der Waals surface area contributed by atoms with Crippen LogP contribution < -0.4 is 28.4 Å². The van der Waals surface area contributed by atoms with Crippen LogP contribution in [0.5, 0.6) is 34.5 Å². The van der Waals surface area contributed by atoms with Gasteiger partial charge in [-0.05, 0) is 53.6 Å². The molecule has 1 heterocycles. The van der Waals surface area contributed by atoms with Gasteiger partial charge in [0.1, 0.15) is 12.4 Å². The van der Waals surface area contributed by atoms with E-state index in [-0.39, 0.29) is 12.3 Å². The lowest BCUT2D eigenvalue weighted by molar-refractivity contribution is -0.131. The number of hydrogen-bond donors (Lipinski definition) is 0. The molecule has 37 heavy (non-hydrogen) atoms. The van der Waals surface area contributed by atoms with Crippen LogP contribution in [0, 0.1) is 0 Å². The number of carbonyl (C=O) groups is 1. The Bertz CT molecular complexity index is 1270. The van der Waals surface area contributed by atoms with Crippen molar-refractivity contribution in [1.82, 2.24) is 4.90 Å². The Labute approximate surface area is 221 Å². The summed E-state index contributed by atoms with van der Waals surface area (Å²) in [5.74, 6) is 3.29. The van der Waals surface area contributed by atoms with Crippen LogP contribution in [0.4, 0.5) is 0 Å². The van der Waals surface area contributed by atoms with Crippen molar-refractivity contribution in [3.05, 3.63) is 58.6 Å². The molecule has 3 aromatic rings. The lowest BCUT2D eigenvalue weighted by Crippen LogP contribution is -2.33. The third-order valence-corrected chi connectivity index (χ3v) is 6.46. The van der Waals surface area contributed by atoms with E-state index in [9.17, 15) is 4.79 Å². The number of methoxy groups -OCH3 is 5. The SMILES string of the molecule is COc1ccc(Cl)cc1-c1cc2c(c(OC)c1)OCCN(C(=O)Cc1cc(OC)c(OC)c(OC)c1)C2. The summed E-state index contributed by atoms with van der Waals surface area (Å²) in [6.07, 6.45) is 0.158. The second-order valence-electron chi connectivity index (χ2n) is 8.39. The molecule has 0 bridgehead atoms. The molecule has 1 aliphatic rings. The highest BCUT2D eigenvalue weighted by Crippen LogP contribution is 2.42. The van der Waals surface area contributed by atoms with E-state index in [2.05, 4.69) is 0 Å². The van der Waals surface area contributed by atoms with Crippen LogP contribution in [0.3, 0.4) is 0 Å². The first-order chi connectivity index (χ1) is 17.9. The minimum absolute atomic E-state index is 0.0598. The van der Waals surface area contributed by atoms with Gasteiger partial charge in [0.25, 0.3) is 0 Å². The van der Waals surface area contributed by atoms with Crippen molar-refractivity contribution >= 4 is 17.5 Å². The van der Waals surface area contributed by atoms with E-state index >= 15 is 0 Å². The highest BCUT2D eigenvalue weighted by atomic mass is 35.5. The maximum atomic E-state index is 13.4. The van der Waals surface area contributed by atoms with E-state index in [1.165, 1.54) is 0 Å². The van der Waals surface area contributed by atoms with Gasteiger partial charge in [0.2, 0.25) is 11.7 Å². The third kappa shape index (κ3) is 5.49. The maximum absolute atomic E-state index is 13.4. The quantitative estimate of drug-likeness (QED) is 0.407. The predicted octanol–water partition coefficient (Wildman–Crippen LogP) is 5.01. The first kappa shape index (κ1) is 26.3. The molecule has 1 aliphatic heterocycles. The topological polar surface area (TPSA) is 75.7 Å². The normalized spacial score (nSPS) is 12.6. The lowest BCUT2D eigenvalue weighted by atomic mass is 10.00. The van der Waals surface area contributed by atoms with E-state index in [4.69, 9.17) is 40.0 Å². The Morgan fingerprint density at radius 3 is 2.16 bits per heavy atom. The summed E-state index contributed by atoms with van der Waals surface area (Å²) in [6.45, 7) is 1.12. The summed E-state index contributed by atoms with van der Waals surface area (Å²) in [4.78, 5) is 15.2. The van der Waals surface area contributed by atoms with E-state index in [0.29, 0.717) is 59.2 Å². The van der Waals surface area contributed by atoms with Crippen molar-refractivity contribution < 1.29 is 33.2 Å². The molecule has 0 aromatic heterocycles. The number of halogens is 1. The molecule has 0 atom stereocenters. The Balaban J connectivity index is 1.66. The molecule has 8 nitrogen and oxygen atoms in total. The van der Waals surface area contributed by atoms with E-state index < -0.39 is 0 Å². The minimum Gasteiger partial charge on any atom is -0.496 e. The van der Waals surface area contributed by atoms with Crippen molar-refractivity contribution in [2.45, 2.75) is 13.0 Å². The second kappa shape index (κ2) is 11.5.